The Hall–Kier alpha value is -1.17. The van der Waals surface area contributed by atoms with E-state index in [1.54, 1.807) is 0 Å². The fourth-order valence-corrected chi connectivity index (χ4v) is 2.22. The maximum atomic E-state index is 6.06. The van der Waals surface area contributed by atoms with Crippen molar-refractivity contribution >= 4 is 19.3 Å². The van der Waals surface area contributed by atoms with Gasteiger partial charge in [0.1, 0.15) is 6.17 Å². The summed E-state index contributed by atoms with van der Waals surface area (Å²) in [6.07, 6.45) is -0.114. The van der Waals surface area contributed by atoms with Gasteiger partial charge < -0.3 is 9.31 Å². The second-order valence-corrected chi connectivity index (χ2v) is 6.13. The maximum Gasteiger partial charge on any atom is 0.494 e. The second-order valence-electron chi connectivity index (χ2n) is 6.13. The summed E-state index contributed by atoms with van der Waals surface area (Å²) < 4.78 is 12.1. The van der Waals surface area contributed by atoms with Crippen LogP contribution in [0.1, 0.15) is 39.4 Å². The van der Waals surface area contributed by atoms with Crippen LogP contribution in [0, 0.1) is 0 Å². The van der Waals surface area contributed by atoms with E-state index in [2.05, 4.69) is 50.8 Å². The number of hydrogen-bond donors (Lipinski definition) is 1. The van der Waals surface area contributed by atoms with Crippen LogP contribution >= 0.6 is 0 Å². The number of aliphatic imine (C=N–C) groups is 1. The van der Waals surface area contributed by atoms with E-state index in [0.29, 0.717) is 0 Å². The summed E-state index contributed by atoms with van der Waals surface area (Å²) in [4.78, 5) is 4.06. The van der Waals surface area contributed by atoms with Crippen LogP contribution in [0.15, 0.2) is 29.3 Å². The Labute approximate surface area is 121 Å². The van der Waals surface area contributed by atoms with Gasteiger partial charge in [0.05, 0.1) is 11.2 Å². The van der Waals surface area contributed by atoms with Crippen molar-refractivity contribution in [3.63, 3.8) is 0 Å². The summed E-state index contributed by atoms with van der Waals surface area (Å²) >= 11 is 0. The lowest BCUT2D eigenvalue weighted by Gasteiger charge is -2.32. The number of benzene rings is 1. The van der Waals surface area contributed by atoms with Gasteiger partial charge in [0.15, 0.2) is 0 Å². The van der Waals surface area contributed by atoms with Gasteiger partial charge in [-0.05, 0) is 52.5 Å². The number of hydrogen-bond acceptors (Lipinski definition) is 4. The average molecular weight is 274 g/mol. The van der Waals surface area contributed by atoms with Crippen molar-refractivity contribution in [2.75, 3.05) is 7.05 Å². The average Bonchev–Trinajstić information content (AvgIpc) is 2.60. The Morgan fingerprint density at radius 1 is 1.20 bits per heavy atom. The highest BCUT2D eigenvalue weighted by atomic mass is 16.7. The molecule has 2 rings (SSSR count). The minimum Gasteiger partial charge on any atom is -0.399 e. The highest BCUT2D eigenvalue weighted by molar-refractivity contribution is 6.62. The molecule has 1 aliphatic heterocycles. The molecule has 1 saturated heterocycles. The van der Waals surface area contributed by atoms with E-state index in [1.165, 1.54) is 0 Å². The molecule has 1 aromatic rings. The monoisotopic (exact) mass is 274 g/mol. The summed E-state index contributed by atoms with van der Waals surface area (Å²) in [6.45, 7) is 11.8. The van der Waals surface area contributed by atoms with Gasteiger partial charge in [-0.3, -0.25) is 10.3 Å². The zero-order valence-corrected chi connectivity index (χ0v) is 12.9. The van der Waals surface area contributed by atoms with Crippen molar-refractivity contribution in [1.82, 2.24) is 5.32 Å². The summed E-state index contributed by atoms with van der Waals surface area (Å²) in [7, 11) is 1.52. The molecular weight excluding hydrogens is 251 g/mol. The van der Waals surface area contributed by atoms with E-state index in [1.807, 2.05) is 25.2 Å². The first-order valence-corrected chi connectivity index (χ1v) is 6.89. The Bertz CT molecular complexity index is 486. The molecular formula is C15H23BN2O2. The van der Waals surface area contributed by atoms with E-state index < -0.39 is 0 Å². The van der Waals surface area contributed by atoms with Gasteiger partial charge in [-0.1, -0.05) is 24.3 Å². The zero-order chi connectivity index (χ0) is 15.0. The van der Waals surface area contributed by atoms with E-state index in [9.17, 15) is 0 Å². The molecule has 0 saturated carbocycles. The van der Waals surface area contributed by atoms with Crippen LogP contribution in [-0.4, -0.2) is 32.1 Å². The molecule has 1 unspecified atom stereocenters. The number of rotatable bonds is 4. The molecule has 5 heteroatoms. The normalized spacial score (nSPS) is 21.8. The first kappa shape index (κ1) is 15.2. The molecule has 1 aromatic carbocycles. The fraction of sp³-hybridized carbons (Fsp3) is 0.533. The Kier molecular flexibility index (Phi) is 4.05. The van der Waals surface area contributed by atoms with Crippen LogP contribution in [-0.2, 0) is 9.31 Å². The molecule has 0 aliphatic carbocycles. The zero-order valence-electron chi connectivity index (χ0n) is 12.9. The standard InChI is InChI=1S/C15H23BN2O2/c1-14(2)15(3,4)20-16(19-14)12-9-7-8-11(10-12)13(17-5)18-6/h7-10,13,18H,5H2,1-4,6H3. The summed E-state index contributed by atoms with van der Waals surface area (Å²) in [5, 5.41) is 3.11. The van der Waals surface area contributed by atoms with E-state index in [-0.39, 0.29) is 24.5 Å². The Balaban J connectivity index is 2.27. The van der Waals surface area contributed by atoms with Crippen LogP contribution < -0.4 is 10.8 Å². The lowest BCUT2D eigenvalue weighted by atomic mass is 9.78. The summed E-state index contributed by atoms with van der Waals surface area (Å²) in [5.41, 5.74) is 1.40. The molecule has 0 aromatic heterocycles. The highest BCUT2D eigenvalue weighted by Gasteiger charge is 2.51. The van der Waals surface area contributed by atoms with Gasteiger partial charge in [-0.15, -0.1) is 0 Å². The first-order chi connectivity index (χ1) is 9.30. The topological polar surface area (TPSA) is 42.9 Å². The van der Waals surface area contributed by atoms with Crippen molar-refractivity contribution in [3.8, 4) is 0 Å². The molecule has 1 atom stereocenters. The SMILES string of the molecule is C=NC(NC)c1cccc(B2OC(C)(C)C(C)(C)O2)c1. The van der Waals surface area contributed by atoms with Crippen molar-refractivity contribution in [2.24, 2.45) is 4.99 Å². The third-order valence-electron chi connectivity index (χ3n) is 4.21. The largest absolute Gasteiger partial charge is 0.494 e. The molecule has 1 heterocycles. The predicted octanol–water partition coefficient (Wildman–Crippen LogP) is 1.90. The van der Waals surface area contributed by atoms with E-state index in [4.69, 9.17) is 9.31 Å². The summed E-state index contributed by atoms with van der Waals surface area (Å²) in [6, 6.07) is 8.08. The lowest BCUT2D eigenvalue weighted by molar-refractivity contribution is 0.00578. The van der Waals surface area contributed by atoms with Crippen LogP contribution in [0.4, 0.5) is 0 Å². The summed E-state index contributed by atoms with van der Waals surface area (Å²) in [5.74, 6) is 0. The van der Waals surface area contributed by atoms with Crippen molar-refractivity contribution in [1.29, 1.82) is 0 Å². The van der Waals surface area contributed by atoms with Crippen LogP contribution in [0.5, 0.6) is 0 Å². The molecule has 0 radical (unpaired) electrons. The molecule has 0 amide bonds. The second kappa shape index (κ2) is 5.32. The predicted molar refractivity (Wildman–Crippen MR) is 83.5 cm³/mol. The molecule has 1 fully saturated rings. The van der Waals surface area contributed by atoms with Gasteiger partial charge >= 0.3 is 7.12 Å². The molecule has 108 valence electrons. The minimum absolute atomic E-state index is 0.114. The molecule has 0 bridgehead atoms. The lowest BCUT2D eigenvalue weighted by Crippen LogP contribution is -2.41. The molecule has 1 N–H and O–H groups in total. The quantitative estimate of drug-likeness (QED) is 0.673. The minimum atomic E-state index is -0.345. The van der Waals surface area contributed by atoms with Gasteiger partial charge in [0.25, 0.3) is 0 Å². The maximum absolute atomic E-state index is 6.06. The van der Waals surface area contributed by atoms with Crippen LogP contribution in [0.25, 0.3) is 0 Å². The number of nitrogens with one attached hydrogen (secondary N) is 1. The molecule has 4 nitrogen and oxygen atoms in total. The van der Waals surface area contributed by atoms with Crippen molar-refractivity contribution in [2.45, 2.75) is 45.1 Å². The van der Waals surface area contributed by atoms with Gasteiger partial charge in [-0.2, -0.15) is 0 Å². The van der Waals surface area contributed by atoms with Crippen LogP contribution in [0.3, 0.4) is 0 Å². The first-order valence-electron chi connectivity index (χ1n) is 6.89. The van der Waals surface area contributed by atoms with Gasteiger partial charge in [0.2, 0.25) is 0 Å². The van der Waals surface area contributed by atoms with E-state index >= 15 is 0 Å². The smallest absolute Gasteiger partial charge is 0.399 e. The molecule has 20 heavy (non-hydrogen) atoms. The Morgan fingerprint density at radius 2 is 1.80 bits per heavy atom. The van der Waals surface area contributed by atoms with Gasteiger partial charge in [-0.25, -0.2) is 0 Å². The van der Waals surface area contributed by atoms with Crippen molar-refractivity contribution < 1.29 is 9.31 Å². The van der Waals surface area contributed by atoms with Crippen molar-refractivity contribution in [3.05, 3.63) is 29.8 Å². The van der Waals surface area contributed by atoms with Crippen LogP contribution in [0.2, 0.25) is 0 Å². The number of nitrogens with zero attached hydrogens (tertiary/aromatic N) is 1. The third-order valence-corrected chi connectivity index (χ3v) is 4.21. The fourth-order valence-electron chi connectivity index (χ4n) is 2.22. The van der Waals surface area contributed by atoms with Gasteiger partial charge in [0, 0.05) is 0 Å². The third kappa shape index (κ3) is 2.66. The van der Waals surface area contributed by atoms with E-state index in [0.717, 1.165) is 11.0 Å². The Morgan fingerprint density at radius 3 is 2.30 bits per heavy atom. The molecule has 1 aliphatic rings. The highest BCUT2D eigenvalue weighted by Crippen LogP contribution is 2.36. The molecule has 0 spiro atoms.